The van der Waals surface area contributed by atoms with E-state index in [0.717, 1.165) is 29.7 Å². The van der Waals surface area contributed by atoms with Crippen molar-refractivity contribution in [3.05, 3.63) is 58.1 Å². The minimum Gasteiger partial charge on any atom is -0.381 e. The molecule has 0 amide bonds. The first kappa shape index (κ1) is 12.5. The number of nitrogens with zero attached hydrogens (tertiary/aromatic N) is 1. The van der Waals surface area contributed by atoms with Gasteiger partial charge in [-0.3, -0.25) is 0 Å². The normalized spacial score (nSPS) is 13.5. The molecule has 98 valence electrons. The van der Waals surface area contributed by atoms with Crippen LogP contribution in [-0.2, 0) is 13.0 Å². The summed E-state index contributed by atoms with van der Waals surface area (Å²) in [7, 11) is 2.16. The summed E-state index contributed by atoms with van der Waals surface area (Å²) in [6, 6.07) is 15.1. The lowest BCUT2D eigenvalue weighted by Crippen LogP contribution is -2.12. The summed E-state index contributed by atoms with van der Waals surface area (Å²) in [5.41, 5.74) is 5.35. The summed E-state index contributed by atoms with van der Waals surface area (Å²) in [6.07, 6.45) is 1.16. The molecule has 2 aromatic rings. The van der Waals surface area contributed by atoms with E-state index in [1.807, 2.05) is 0 Å². The number of halogens is 1. The van der Waals surface area contributed by atoms with Crippen molar-refractivity contribution in [2.24, 2.45) is 0 Å². The summed E-state index contributed by atoms with van der Waals surface area (Å²) >= 11 is 3.45. The van der Waals surface area contributed by atoms with Crippen LogP contribution < -0.4 is 10.2 Å². The Labute approximate surface area is 122 Å². The van der Waals surface area contributed by atoms with Crippen LogP contribution in [0, 0.1) is 0 Å². The molecule has 0 saturated carbocycles. The maximum atomic E-state index is 3.46. The Morgan fingerprint density at radius 2 is 1.95 bits per heavy atom. The van der Waals surface area contributed by atoms with E-state index in [4.69, 9.17) is 0 Å². The summed E-state index contributed by atoms with van der Waals surface area (Å²) < 4.78 is 1.11. The van der Waals surface area contributed by atoms with Gasteiger partial charge in [-0.25, -0.2) is 0 Å². The molecular weight excluding hydrogens is 300 g/mol. The lowest BCUT2D eigenvalue weighted by atomic mass is 10.1. The molecule has 1 aliphatic heterocycles. The van der Waals surface area contributed by atoms with Gasteiger partial charge in [0.15, 0.2) is 0 Å². The Kier molecular flexibility index (Phi) is 3.47. The van der Waals surface area contributed by atoms with Gasteiger partial charge in [0, 0.05) is 36.0 Å². The van der Waals surface area contributed by atoms with Crippen molar-refractivity contribution < 1.29 is 0 Å². The Morgan fingerprint density at radius 1 is 1.16 bits per heavy atom. The first-order valence-corrected chi connectivity index (χ1v) is 7.34. The third kappa shape index (κ3) is 2.76. The van der Waals surface area contributed by atoms with Crippen molar-refractivity contribution in [1.29, 1.82) is 0 Å². The third-order valence-electron chi connectivity index (χ3n) is 3.61. The van der Waals surface area contributed by atoms with Crippen molar-refractivity contribution >= 4 is 27.3 Å². The molecule has 3 rings (SSSR count). The molecular formula is C16H17BrN2. The first-order chi connectivity index (χ1) is 9.22. The molecule has 3 heteroatoms. The topological polar surface area (TPSA) is 15.3 Å². The second kappa shape index (κ2) is 5.25. The molecule has 0 bridgehead atoms. The van der Waals surface area contributed by atoms with Gasteiger partial charge in [0.1, 0.15) is 0 Å². The van der Waals surface area contributed by atoms with Crippen molar-refractivity contribution in [2.45, 2.75) is 13.0 Å². The van der Waals surface area contributed by atoms with E-state index in [2.05, 4.69) is 75.7 Å². The molecule has 1 N–H and O–H groups in total. The first-order valence-electron chi connectivity index (χ1n) is 6.55. The average molecular weight is 317 g/mol. The predicted molar refractivity (Wildman–Crippen MR) is 84.9 cm³/mol. The van der Waals surface area contributed by atoms with Crippen LogP contribution in [0.1, 0.15) is 11.1 Å². The second-order valence-electron chi connectivity index (χ2n) is 5.00. The van der Waals surface area contributed by atoms with Crippen LogP contribution in [0.3, 0.4) is 0 Å². The molecule has 0 radical (unpaired) electrons. The summed E-state index contributed by atoms with van der Waals surface area (Å²) in [6.45, 7) is 2.01. The zero-order valence-corrected chi connectivity index (χ0v) is 12.6. The van der Waals surface area contributed by atoms with Crippen LogP contribution in [0.5, 0.6) is 0 Å². The van der Waals surface area contributed by atoms with Gasteiger partial charge < -0.3 is 10.2 Å². The van der Waals surface area contributed by atoms with E-state index in [1.165, 1.54) is 16.8 Å². The van der Waals surface area contributed by atoms with Crippen LogP contribution in [0.2, 0.25) is 0 Å². The Bertz CT molecular complexity index is 578. The van der Waals surface area contributed by atoms with Crippen LogP contribution >= 0.6 is 15.9 Å². The highest BCUT2D eigenvalue weighted by atomic mass is 79.9. The highest BCUT2D eigenvalue weighted by molar-refractivity contribution is 9.10. The lowest BCUT2D eigenvalue weighted by molar-refractivity contribution is 0.955. The maximum Gasteiger partial charge on any atom is 0.0400 e. The molecule has 2 nitrogen and oxygen atoms in total. The van der Waals surface area contributed by atoms with Crippen LogP contribution in [0.15, 0.2) is 46.9 Å². The number of benzene rings is 2. The minimum absolute atomic E-state index is 0.874. The van der Waals surface area contributed by atoms with E-state index >= 15 is 0 Å². The Morgan fingerprint density at radius 3 is 2.74 bits per heavy atom. The SMILES string of the molecule is CN1CCc2cc(CNc3ccc(Br)cc3)ccc21. The zero-order valence-electron chi connectivity index (χ0n) is 11.0. The molecule has 2 aromatic carbocycles. The van der Waals surface area contributed by atoms with Crippen LogP contribution in [0.4, 0.5) is 11.4 Å². The maximum absolute atomic E-state index is 3.46. The van der Waals surface area contributed by atoms with E-state index < -0.39 is 0 Å². The van der Waals surface area contributed by atoms with Gasteiger partial charge in [-0.1, -0.05) is 28.1 Å². The fourth-order valence-corrected chi connectivity index (χ4v) is 2.77. The molecule has 0 unspecified atom stereocenters. The van der Waals surface area contributed by atoms with Crippen LogP contribution in [-0.4, -0.2) is 13.6 Å². The number of anilines is 2. The largest absolute Gasteiger partial charge is 0.381 e. The monoisotopic (exact) mass is 316 g/mol. The van der Waals surface area contributed by atoms with Crippen molar-refractivity contribution in [2.75, 3.05) is 23.8 Å². The Balaban J connectivity index is 1.69. The minimum atomic E-state index is 0.874. The van der Waals surface area contributed by atoms with E-state index in [9.17, 15) is 0 Å². The summed E-state index contributed by atoms with van der Waals surface area (Å²) in [5, 5.41) is 3.46. The van der Waals surface area contributed by atoms with Gasteiger partial charge >= 0.3 is 0 Å². The number of rotatable bonds is 3. The van der Waals surface area contributed by atoms with Gasteiger partial charge in [0.2, 0.25) is 0 Å². The lowest BCUT2D eigenvalue weighted by Gasteiger charge is -2.12. The molecule has 19 heavy (non-hydrogen) atoms. The second-order valence-corrected chi connectivity index (χ2v) is 5.91. The standard InChI is InChI=1S/C16H17BrN2/c1-19-9-8-13-10-12(2-7-16(13)19)11-18-15-5-3-14(17)4-6-15/h2-7,10,18H,8-9,11H2,1H3. The van der Waals surface area contributed by atoms with Crippen molar-refractivity contribution in [3.8, 4) is 0 Å². The molecule has 0 fully saturated rings. The summed E-state index contributed by atoms with van der Waals surface area (Å²) in [5.74, 6) is 0. The quantitative estimate of drug-likeness (QED) is 0.918. The van der Waals surface area contributed by atoms with Crippen LogP contribution in [0.25, 0.3) is 0 Å². The average Bonchev–Trinajstić information content (AvgIpc) is 2.79. The molecule has 1 heterocycles. The van der Waals surface area contributed by atoms with Gasteiger partial charge in [-0.05, 0) is 47.9 Å². The number of nitrogens with one attached hydrogen (secondary N) is 1. The van der Waals surface area contributed by atoms with Crippen molar-refractivity contribution in [3.63, 3.8) is 0 Å². The van der Waals surface area contributed by atoms with Gasteiger partial charge in [-0.15, -0.1) is 0 Å². The third-order valence-corrected chi connectivity index (χ3v) is 4.14. The molecule has 0 saturated heterocycles. The van der Waals surface area contributed by atoms with Gasteiger partial charge in [0.25, 0.3) is 0 Å². The summed E-state index contributed by atoms with van der Waals surface area (Å²) in [4.78, 5) is 2.32. The molecule has 0 spiro atoms. The smallest absolute Gasteiger partial charge is 0.0400 e. The number of likely N-dealkylation sites (N-methyl/N-ethyl adjacent to an activating group) is 1. The predicted octanol–water partition coefficient (Wildman–Crippen LogP) is 4.05. The fourth-order valence-electron chi connectivity index (χ4n) is 2.50. The van der Waals surface area contributed by atoms with E-state index in [0.29, 0.717) is 0 Å². The van der Waals surface area contributed by atoms with E-state index in [1.54, 1.807) is 0 Å². The van der Waals surface area contributed by atoms with Gasteiger partial charge in [0.05, 0.1) is 0 Å². The van der Waals surface area contributed by atoms with E-state index in [-0.39, 0.29) is 0 Å². The molecule has 0 aliphatic carbocycles. The Hall–Kier alpha value is -1.48. The number of hydrogen-bond acceptors (Lipinski definition) is 2. The highest BCUT2D eigenvalue weighted by Crippen LogP contribution is 2.27. The van der Waals surface area contributed by atoms with Crippen molar-refractivity contribution in [1.82, 2.24) is 0 Å². The molecule has 0 aromatic heterocycles. The number of hydrogen-bond donors (Lipinski definition) is 1. The molecule has 1 aliphatic rings. The molecule has 0 atom stereocenters. The highest BCUT2D eigenvalue weighted by Gasteiger charge is 2.15. The fraction of sp³-hybridized carbons (Fsp3) is 0.250. The van der Waals surface area contributed by atoms with Gasteiger partial charge in [-0.2, -0.15) is 0 Å². The number of fused-ring (bicyclic) bond motifs is 1. The zero-order chi connectivity index (χ0) is 13.2.